The van der Waals surface area contributed by atoms with E-state index in [9.17, 15) is 29.4 Å². The van der Waals surface area contributed by atoms with Crippen LogP contribution in [-0.2, 0) is 19.2 Å². The lowest BCUT2D eigenvalue weighted by atomic mass is 10.1. The third kappa shape index (κ3) is 12.0. The number of carboxylic acid groups (broad SMARTS) is 1. The standard InChI is InChI=1S/C18H36N8O6/c1-10(27)14(16(30)25-12(17(31)32)6-4-8-23-18(21)22)26-15(29)11(5-2-3-7-19)24-13(28)9-20/h10-12,14,27H,2-9,19-20H2,1H3,(H,24,28)(H,25,30)(H,26,29)(H,31,32)(H4,21,22,23). The zero-order chi connectivity index (χ0) is 24.7. The SMILES string of the molecule is CC(O)C(NC(=O)C(CCCCN)NC(=O)CN)C(=O)NC(CCCN=C(N)N)C(=O)O. The second-order valence-electron chi connectivity index (χ2n) is 7.18. The summed E-state index contributed by atoms with van der Waals surface area (Å²) in [6.45, 7) is 1.50. The summed E-state index contributed by atoms with van der Waals surface area (Å²) in [5, 5.41) is 26.4. The van der Waals surface area contributed by atoms with Crippen LogP contribution in [0.3, 0.4) is 0 Å². The van der Waals surface area contributed by atoms with E-state index in [-0.39, 0.29) is 38.3 Å². The van der Waals surface area contributed by atoms with Gasteiger partial charge < -0.3 is 49.1 Å². The minimum atomic E-state index is -1.45. The maximum atomic E-state index is 12.7. The zero-order valence-corrected chi connectivity index (χ0v) is 18.3. The topological polar surface area (TPSA) is 261 Å². The number of aliphatic imine (C=N–C) groups is 1. The summed E-state index contributed by atoms with van der Waals surface area (Å²) in [6, 6.07) is -3.73. The monoisotopic (exact) mass is 460 g/mol. The van der Waals surface area contributed by atoms with Gasteiger partial charge >= 0.3 is 5.97 Å². The van der Waals surface area contributed by atoms with Crippen LogP contribution >= 0.6 is 0 Å². The highest BCUT2D eigenvalue weighted by Crippen LogP contribution is 2.05. The summed E-state index contributed by atoms with van der Waals surface area (Å²) in [4.78, 5) is 52.1. The molecule has 0 aliphatic rings. The fourth-order valence-electron chi connectivity index (χ4n) is 2.70. The molecule has 0 aromatic rings. The van der Waals surface area contributed by atoms with Gasteiger partial charge in [0.2, 0.25) is 17.7 Å². The first kappa shape index (κ1) is 29.0. The van der Waals surface area contributed by atoms with Gasteiger partial charge in [-0.1, -0.05) is 0 Å². The number of aliphatic hydroxyl groups excluding tert-OH is 1. The molecule has 4 atom stereocenters. The minimum Gasteiger partial charge on any atom is -0.480 e. The first-order chi connectivity index (χ1) is 15.0. The molecule has 0 spiro atoms. The van der Waals surface area contributed by atoms with E-state index in [0.717, 1.165) is 0 Å². The van der Waals surface area contributed by atoms with Crippen LogP contribution in [0.25, 0.3) is 0 Å². The molecule has 0 aromatic heterocycles. The molecule has 32 heavy (non-hydrogen) atoms. The first-order valence-corrected chi connectivity index (χ1v) is 10.3. The normalized spacial score (nSPS) is 14.4. The minimum absolute atomic E-state index is 0.0204. The number of carbonyl (C=O) groups is 4. The molecule has 14 nitrogen and oxygen atoms in total. The average Bonchev–Trinajstić information content (AvgIpc) is 2.72. The number of aliphatic hydroxyl groups is 1. The number of aliphatic carboxylic acids is 1. The highest BCUT2D eigenvalue weighted by Gasteiger charge is 2.31. The molecule has 0 aliphatic heterocycles. The number of carboxylic acids is 1. The molecule has 0 heterocycles. The van der Waals surface area contributed by atoms with E-state index in [4.69, 9.17) is 22.9 Å². The van der Waals surface area contributed by atoms with Crippen LogP contribution in [0.4, 0.5) is 0 Å². The molecule has 0 aromatic carbocycles. The lowest BCUT2D eigenvalue weighted by Gasteiger charge is -2.26. The maximum absolute atomic E-state index is 12.7. The molecule has 13 N–H and O–H groups in total. The van der Waals surface area contributed by atoms with Gasteiger partial charge in [0.1, 0.15) is 18.1 Å². The van der Waals surface area contributed by atoms with Crippen LogP contribution in [0.15, 0.2) is 4.99 Å². The lowest BCUT2D eigenvalue weighted by molar-refractivity contribution is -0.143. The van der Waals surface area contributed by atoms with Crippen molar-refractivity contribution in [3.8, 4) is 0 Å². The number of nitrogens with zero attached hydrogens (tertiary/aromatic N) is 1. The fourth-order valence-corrected chi connectivity index (χ4v) is 2.70. The molecule has 0 fully saturated rings. The summed E-state index contributed by atoms with van der Waals surface area (Å²) < 4.78 is 0. The first-order valence-electron chi connectivity index (χ1n) is 10.3. The van der Waals surface area contributed by atoms with E-state index in [1.807, 2.05) is 0 Å². The lowest BCUT2D eigenvalue weighted by Crippen LogP contribution is -2.59. The van der Waals surface area contributed by atoms with Gasteiger partial charge in [-0.2, -0.15) is 0 Å². The van der Waals surface area contributed by atoms with Crippen molar-refractivity contribution in [3.63, 3.8) is 0 Å². The van der Waals surface area contributed by atoms with Crippen LogP contribution in [-0.4, -0.2) is 83.7 Å². The Hall–Kier alpha value is -2.97. The summed E-state index contributed by atoms with van der Waals surface area (Å²) in [5.74, 6) is -3.62. The molecule has 184 valence electrons. The van der Waals surface area contributed by atoms with E-state index in [1.54, 1.807) is 0 Å². The van der Waals surface area contributed by atoms with Crippen LogP contribution < -0.4 is 38.9 Å². The zero-order valence-electron chi connectivity index (χ0n) is 18.3. The molecule has 0 radical (unpaired) electrons. The van der Waals surface area contributed by atoms with Crippen LogP contribution in [0, 0.1) is 0 Å². The van der Waals surface area contributed by atoms with Crippen LogP contribution in [0.5, 0.6) is 0 Å². The van der Waals surface area contributed by atoms with Crippen molar-refractivity contribution < 1.29 is 29.4 Å². The van der Waals surface area contributed by atoms with Crippen molar-refractivity contribution in [2.24, 2.45) is 27.9 Å². The number of nitrogens with two attached hydrogens (primary N) is 4. The van der Waals surface area contributed by atoms with E-state index in [0.29, 0.717) is 19.4 Å². The molecule has 0 saturated heterocycles. The van der Waals surface area contributed by atoms with Crippen molar-refractivity contribution in [2.45, 2.75) is 63.3 Å². The van der Waals surface area contributed by atoms with Gasteiger partial charge in [-0.3, -0.25) is 19.4 Å². The number of carbonyl (C=O) groups excluding carboxylic acids is 3. The highest BCUT2D eigenvalue weighted by molar-refractivity contribution is 5.93. The van der Waals surface area contributed by atoms with Crippen molar-refractivity contribution in [2.75, 3.05) is 19.6 Å². The second kappa shape index (κ2) is 15.8. The van der Waals surface area contributed by atoms with Crippen molar-refractivity contribution in [1.29, 1.82) is 0 Å². The molecular weight excluding hydrogens is 424 g/mol. The Bertz CT molecular complexity index is 653. The van der Waals surface area contributed by atoms with Gasteiger partial charge in [-0.05, 0) is 45.6 Å². The number of guanidine groups is 1. The number of hydrogen-bond acceptors (Lipinski definition) is 8. The number of amides is 3. The molecular formula is C18H36N8O6. The predicted octanol–water partition coefficient (Wildman–Crippen LogP) is -3.95. The largest absolute Gasteiger partial charge is 0.480 e. The van der Waals surface area contributed by atoms with E-state index < -0.39 is 47.9 Å². The molecule has 0 bridgehead atoms. The Balaban J connectivity index is 5.19. The molecule has 0 saturated carbocycles. The molecule has 3 amide bonds. The highest BCUT2D eigenvalue weighted by atomic mass is 16.4. The van der Waals surface area contributed by atoms with Crippen molar-refractivity contribution in [3.05, 3.63) is 0 Å². The van der Waals surface area contributed by atoms with E-state index >= 15 is 0 Å². The number of nitrogens with one attached hydrogen (secondary N) is 3. The van der Waals surface area contributed by atoms with Gasteiger partial charge in [0, 0.05) is 6.54 Å². The third-order valence-corrected chi connectivity index (χ3v) is 4.41. The van der Waals surface area contributed by atoms with Gasteiger partial charge in [-0.25, -0.2) is 4.79 Å². The summed E-state index contributed by atoms with van der Waals surface area (Å²) in [5.41, 5.74) is 21.1. The Morgan fingerprint density at radius 1 is 0.906 bits per heavy atom. The van der Waals surface area contributed by atoms with E-state index in [2.05, 4.69) is 20.9 Å². The van der Waals surface area contributed by atoms with Crippen molar-refractivity contribution >= 4 is 29.7 Å². The molecule has 14 heteroatoms. The Morgan fingerprint density at radius 2 is 1.53 bits per heavy atom. The second-order valence-corrected chi connectivity index (χ2v) is 7.18. The third-order valence-electron chi connectivity index (χ3n) is 4.41. The quantitative estimate of drug-likeness (QED) is 0.0612. The Morgan fingerprint density at radius 3 is 2.03 bits per heavy atom. The Kier molecular flexibility index (Phi) is 14.3. The van der Waals surface area contributed by atoms with Gasteiger partial charge in [0.15, 0.2) is 5.96 Å². The van der Waals surface area contributed by atoms with Gasteiger partial charge in [0.25, 0.3) is 0 Å². The molecule has 4 unspecified atom stereocenters. The summed E-state index contributed by atoms with van der Waals surface area (Å²) >= 11 is 0. The Labute approximate surface area is 186 Å². The fraction of sp³-hybridized carbons (Fsp3) is 0.722. The van der Waals surface area contributed by atoms with Gasteiger partial charge in [-0.15, -0.1) is 0 Å². The smallest absolute Gasteiger partial charge is 0.326 e. The van der Waals surface area contributed by atoms with Gasteiger partial charge in [0.05, 0.1) is 12.6 Å². The van der Waals surface area contributed by atoms with Crippen LogP contribution in [0.1, 0.15) is 39.0 Å². The summed E-state index contributed by atoms with van der Waals surface area (Å²) in [7, 11) is 0. The number of hydrogen-bond donors (Lipinski definition) is 9. The predicted molar refractivity (Wildman–Crippen MR) is 117 cm³/mol. The molecule has 0 aliphatic carbocycles. The van der Waals surface area contributed by atoms with Crippen molar-refractivity contribution in [1.82, 2.24) is 16.0 Å². The van der Waals surface area contributed by atoms with Crippen LogP contribution in [0.2, 0.25) is 0 Å². The average molecular weight is 461 g/mol. The van der Waals surface area contributed by atoms with E-state index in [1.165, 1.54) is 6.92 Å². The number of unbranched alkanes of at least 4 members (excludes halogenated alkanes) is 1. The number of rotatable bonds is 16. The molecule has 0 rings (SSSR count). The maximum Gasteiger partial charge on any atom is 0.326 e. The summed E-state index contributed by atoms with van der Waals surface area (Å²) in [6.07, 6.45) is 0.336.